The van der Waals surface area contributed by atoms with Crippen molar-refractivity contribution in [1.82, 2.24) is 5.32 Å². The lowest BCUT2D eigenvalue weighted by Gasteiger charge is -2.15. The van der Waals surface area contributed by atoms with Gasteiger partial charge in [-0.25, -0.2) is 13.2 Å². The highest BCUT2D eigenvalue weighted by Crippen LogP contribution is 2.28. The quantitative estimate of drug-likeness (QED) is 0.815. The molecule has 0 aliphatic carbocycles. The van der Waals surface area contributed by atoms with E-state index in [4.69, 9.17) is 4.74 Å². The standard InChI is InChI=1S/C16H15NO6S2/c1-25(21,22)13-7-11(8-24-13)15(18)17-14(16(19)20)10-2-3-12-9(6-10)4-5-23-12/h2-3,6-8,14H,4-5H2,1H3,(H,17,18)(H,19,20). The molecule has 9 heteroatoms. The summed E-state index contributed by atoms with van der Waals surface area (Å²) in [5.41, 5.74) is 1.44. The molecule has 1 amide bonds. The second kappa shape index (κ2) is 6.49. The maximum absolute atomic E-state index is 12.3. The molecular weight excluding hydrogens is 366 g/mol. The lowest BCUT2D eigenvalue weighted by Crippen LogP contribution is -2.33. The fourth-order valence-corrected chi connectivity index (χ4v) is 4.32. The number of rotatable bonds is 5. The van der Waals surface area contributed by atoms with Gasteiger partial charge in [0.2, 0.25) is 0 Å². The zero-order chi connectivity index (χ0) is 18.2. The van der Waals surface area contributed by atoms with Gasteiger partial charge in [-0.15, -0.1) is 11.3 Å². The van der Waals surface area contributed by atoms with Crippen molar-refractivity contribution in [2.45, 2.75) is 16.7 Å². The lowest BCUT2D eigenvalue weighted by atomic mass is 10.0. The summed E-state index contributed by atoms with van der Waals surface area (Å²) < 4.78 is 28.4. The Balaban J connectivity index is 1.84. The molecule has 0 spiro atoms. The minimum Gasteiger partial charge on any atom is -0.493 e. The third-order valence-electron chi connectivity index (χ3n) is 3.77. The number of ether oxygens (including phenoxy) is 1. The summed E-state index contributed by atoms with van der Waals surface area (Å²) >= 11 is 0.920. The van der Waals surface area contributed by atoms with E-state index >= 15 is 0 Å². The van der Waals surface area contributed by atoms with Crippen LogP contribution in [0.3, 0.4) is 0 Å². The van der Waals surface area contributed by atoms with Gasteiger partial charge in [0.1, 0.15) is 9.96 Å². The van der Waals surface area contributed by atoms with Crippen molar-refractivity contribution in [2.75, 3.05) is 12.9 Å². The number of hydrogen-bond acceptors (Lipinski definition) is 6. The maximum atomic E-state index is 12.3. The summed E-state index contributed by atoms with van der Waals surface area (Å²) in [6.45, 7) is 0.548. The average Bonchev–Trinajstić information content (AvgIpc) is 3.19. The molecule has 2 aromatic rings. The van der Waals surface area contributed by atoms with Gasteiger partial charge >= 0.3 is 5.97 Å². The van der Waals surface area contributed by atoms with Gasteiger partial charge in [0.15, 0.2) is 15.9 Å². The average molecular weight is 381 g/mol. The van der Waals surface area contributed by atoms with Gasteiger partial charge < -0.3 is 15.2 Å². The first-order chi connectivity index (χ1) is 11.8. The van der Waals surface area contributed by atoms with Crippen LogP contribution in [-0.4, -0.2) is 38.3 Å². The number of fused-ring (bicyclic) bond motifs is 1. The number of carboxylic acids is 1. The Labute approximate surface area is 148 Å². The van der Waals surface area contributed by atoms with Crippen molar-refractivity contribution >= 4 is 33.1 Å². The number of benzene rings is 1. The Bertz CT molecular complexity index is 947. The zero-order valence-electron chi connectivity index (χ0n) is 13.2. The third kappa shape index (κ3) is 3.67. The molecule has 0 saturated carbocycles. The normalized spacial score (nSPS) is 14.4. The number of thiophene rings is 1. The van der Waals surface area contributed by atoms with Crippen LogP contribution in [0.2, 0.25) is 0 Å². The van der Waals surface area contributed by atoms with E-state index in [9.17, 15) is 23.1 Å². The summed E-state index contributed by atoms with van der Waals surface area (Å²) in [6, 6.07) is 4.99. The van der Waals surface area contributed by atoms with Crippen LogP contribution in [0.1, 0.15) is 27.5 Å². The second-order valence-electron chi connectivity index (χ2n) is 5.64. The minimum absolute atomic E-state index is 0.0548. The SMILES string of the molecule is CS(=O)(=O)c1cc(C(=O)NC(C(=O)O)c2ccc3c(c2)CCO3)cs1. The van der Waals surface area contributed by atoms with Crippen LogP contribution in [-0.2, 0) is 21.1 Å². The van der Waals surface area contributed by atoms with Crippen LogP contribution in [0.25, 0.3) is 0 Å². The number of sulfone groups is 1. The largest absolute Gasteiger partial charge is 0.493 e. The zero-order valence-corrected chi connectivity index (χ0v) is 14.8. The fourth-order valence-electron chi connectivity index (χ4n) is 2.52. The summed E-state index contributed by atoms with van der Waals surface area (Å²) in [6.07, 6.45) is 1.74. The van der Waals surface area contributed by atoms with Crippen molar-refractivity contribution in [3.05, 3.63) is 46.3 Å². The van der Waals surface area contributed by atoms with Crippen LogP contribution in [0, 0.1) is 0 Å². The van der Waals surface area contributed by atoms with Gasteiger partial charge in [-0.3, -0.25) is 4.79 Å². The second-order valence-corrected chi connectivity index (χ2v) is 8.79. The van der Waals surface area contributed by atoms with E-state index in [0.29, 0.717) is 18.6 Å². The summed E-state index contributed by atoms with van der Waals surface area (Å²) in [5.74, 6) is -1.13. The van der Waals surface area contributed by atoms with E-state index in [-0.39, 0.29) is 9.77 Å². The molecule has 1 aliphatic heterocycles. The summed E-state index contributed by atoms with van der Waals surface area (Å²) in [4.78, 5) is 23.9. The first kappa shape index (κ1) is 17.4. The molecule has 2 N–H and O–H groups in total. The Morgan fingerprint density at radius 2 is 2.08 bits per heavy atom. The number of aliphatic carboxylic acids is 1. The maximum Gasteiger partial charge on any atom is 0.330 e. The van der Waals surface area contributed by atoms with Crippen molar-refractivity contribution in [2.24, 2.45) is 0 Å². The van der Waals surface area contributed by atoms with Crippen molar-refractivity contribution in [1.29, 1.82) is 0 Å². The first-order valence-electron chi connectivity index (χ1n) is 7.33. The van der Waals surface area contributed by atoms with E-state index in [0.717, 1.165) is 28.9 Å². The van der Waals surface area contributed by atoms with Gasteiger partial charge in [0, 0.05) is 18.1 Å². The molecule has 1 aromatic carbocycles. The van der Waals surface area contributed by atoms with Crippen LogP contribution in [0.4, 0.5) is 0 Å². The molecule has 0 fully saturated rings. The molecule has 132 valence electrons. The van der Waals surface area contributed by atoms with Gasteiger partial charge in [0.25, 0.3) is 5.91 Å². The van der Waals surface area contributed by atoms with Crippen molar-refractivity contribution in [3.63, 3.8) is 0 Å². The summed E-state index contributed by atoms with van der Waals surface area (Å²) in [5, 5.41) is 13.3. The highest BCUT2D eigenvalue weighted by molar-refractivity contribution is 7.92. The smallest absolute Gasteiger partial charge is 0.330 e. The van der Waals surface area contributed by atoms with Crippen LogP contribution in [0.15, 0.2) is 33.9 Å². The molecule has 3 rings (SSSR count). The Hall–Kier alpha value is -2.39. The van der Waals surface area contributed by atoms with E-state index < -0.39 is 27.8 Å². The molecule has 0 saturated heterocycles. The van der Waals surface area contributed by atoms with E-state index in [2.05, 4.69) is 5.32 Å². The van der Waals surface area contributed by atoms with Gasteiger partial charge in [-0.05, 0) is 29.3 Å². The predicted molar refractivity (Wildman–Crippen MR) is 90.9 cm³/mol. The molecule has 1 aliphatic rings. The van der Waals surface area contributed by atoms with E-state index in [1.807, 2.05) is 0 Å². The molecule has 1 atom stereocenters. The van der Waals surface area contributed by atoms with Gasteiger partial charge in [0.05, 0.1) is 12.2 Å². The highest BCUT2D eigenvalue weighted by Gasteiger charge is 2.25. The molecule has 0 bridgehead atoms. The number of carbonyl (C=O) groups is 2. The number of carboxylic acid groups (broad SMARTS) is 1. The van der Waals surface area contributed by atoms with Gasteiger partial charge in [-0.1, -0.05) is 6.07 Å². The monoisotopic (exact) mass is 381 g/mol. The fraction of sp³-hybridized carbons (Fsp3) is 0.250. The molecule has 1 unspecified atom stereocenters. The molecule has 7 nitrogen and oxygen atoms in total. The Kier molecular flexibility index (Phi) is 4.53. The molecule has 0 radical (unpaired) electrons. The van der Waals surface area contributed by atoms with Crippen LogP contribution in [0.5, 0.6) is 5.75 Å². The molecule has 2 heterocycles. The molecule has 1 aromatic heterocycles. The molecular formula is C16H15NO6S2. The van der Waals surface area contributed by atoms with Crippen molar-refractivity contribution < 1.29 is 27.9 Å². The highest BCUT2D eigenvalue weighted by atomic mass is 32.2. The van der Waals surface area contributed by atoms with Crippen molar-refractivity contribution in [3.8, 4) is 5.75 Å². The van der Waals surface area contributed by atoms with Gasteiger partial charge in [-0.2, -0.15) is 0 Å². The van der Waals surface area contributed by atoms with E-state index in [1.165, 1.54) is 11.4 Å². The Morgan fingerprint density at radius 3 is 2.72 bits per heavy atom. The number of amides is 1. The van der Waals surface area contributed by atoms with Crippen LogP contribution >= 0.6 is 11.3 Å². The topological polar surface area (TPSA) is 110 Å². The summed E-state index contributed by atoms with van der Waals surface area (Å²) in [7, 11) is -3.41. The van der Waals surface area contributed by atoms with E-state index in [1.54, 1.807) is 18.2 Å². The Morgan fingerprint density at radius 1 is 1.32 bits per heavy atom. The first-order valence-corrected chi connectivity index (χ1v) is 10.1. The predicted octanol–water partition coefficient (Wildman–Crippen LogP) is 1.64. The lowest BCUT2D eigenvalue weighted by molar-refractivity contribution is -0.139. The third-order valence-corrected chi connectivity index (χ3v) is 6.54. The number of carbonyl (C=O) groups excluding carboxylic acids is 1. The minimum atomic E-state index is -3.41. The molecule has 25 heavy (non-hydrogen) atoms. The number of hydrogen-bond donors (Lipinski definition) is 2. The number of nitrogens with one attached hydrogen (secondary N) is 1. The van der Waals surface area contributed by atoms with Crippen LogP contribution < -0.4 is 10.1 Å².